The van der Waals surface area contributed by atoms with Crippen LogP contribution < -0.4 is 16.4 Å². The third kappa shape index (κ3) is 3.03. The van der Waals surface area contributed by atoms with E-state index >= 15 is 0 Å². The molecule has 4 N–H and O–H groups in total. The highest BCUT2D eigenvalue weighted by atomic mass is 15.3. The minimum atomic E-state index is -0.114. The molecule has 2 aromatic heterocycles. The Morgan fingerprint density at radius 1 is 1.25 bits per heavy atom. The Morgan fingerprint density at radius 3 is 2.79 bits per heavy atom. The molecule has 1 fully saturated rings. The Hall–Kier alpha value is -2.67. The number of hydrogen-bond donors (Lipinski definition) is 3. The first-order chi connectivity index (χ1) is 11.7. The lowest BCUT2D eigenvalue weighted by Crippen LogP contribution is -2.21. The molecule has 1 saturated carbocycles. The van der Waals surface area contributed by atoms with E-state index in [9.17, 15) is 0 Å². The second kappa shape index (κ2) is 6.09. The highest BCUT2D eigenvalue weighted by Gasteiger charge is 2.23. The van der Waals surface area contributed by atoms with Crippen LogP contribution in [0.4, 0.5) is 11.8 Å². The summed E-state index contributed by atoms with van der Waals surface area (Å²) in [6.07, 6.45) is 4.18. The number of nitrogens with two attached hydrogens (primary N) is 1. The molecule has 2 heterocycles. The van der Waals surface area contributed by atoms with Gasteiger partial charge in [0.25, 0.3) is 0 Å². The maximum atomic E-state index is 6.24. The quantitative estimate of drug-likeness (QED) is 0.643. The number of nitrogens with one attached hydrogen (secondary N) is 2. The van der Waals surface area contributed by atoms with Crippen LogP contribution in [0.1, 0.15) is 24.4 Å². The third-order valence-electron chi connectivity index (χ3n) is 4.22. The van der Waals surface area contributed by atoms with E-state index in [2.05, 4.69) is 25.7 Å². The molecule has 4 rings (SSSR count). The standard InChI is InChI=1S/C17H21N7/c1-24-16-13(9-20-24)15(21-12-7-8-12)22-17(23-16)19-10-14(18)11-5-3-2-4-6-11/h2-6,9,12,14H,7-8,10,18H2,1H3,(H2,19,21,22,23). The molecule has 7 nitrogen and oxygen atoms in total. The minimum Gasteiger partial charge on any atom is -0.367 e. The Kier molecular flexibility index (Phi) is 3.78. The van der Waals surface area contributed by atoms with Crippen molar-refractivity contribution in [3.05, 3.63) is 42.1 Å². The van der Waals surface area contributed by atoms with Crippen molar-refractivity contribution in [2.45, 2.75) is 24.9 Å². The molecule has 0 aliphatic heterocycles. The van der Waals surface area contributed by atoms with Crippen LogP contribution in [-0.2, 0) is 7.05 Å². The molecule has 0 amide bonds. The predicted octanol–water partition coefficient (Wildman–Crippen LogP) is 2.05. The topological polar surface area (TPSA) is 93.7 Å². The summed E-state index contributed by atoms with van der Waals surface area (Å²) in [7, 11) is 1.88. The van der Waals surface area contributed by atoms with Crippen molar-refractivity contribution in [1.29, 1.82) is 0 Å². The molecule has 0 saturated heterocycles. The summed E-state index contributed by atoms with van der Waals surface area (Å²) in [5, 5.41) is 12.0. The number of aryl methyl sites for hydroxylation is 1. The summed E-state index contributed by atoms with van der Waals surface area (Å²) < 4.78 is 1.76. The highest BCUT2D eigenvalue weighted by Crippen LogP contribution is 2.28. The Balaban J connectivity index is 1.56. The lowest BCUT2D eigenvalue weighted by Gasteiger charge is -2.14. The van der Waals surface area contributed by atoms with Gasteiger partial charge in [0.2, 0.25) is 5.95 Å². The number of fused-ring (bicyclic) bond motifs is 1. The van der Waals surface area contributed by atoms with Gasteiger partial charge in [-0.2, -0.15) is 15.1 Å². The number of rotatable bonds is 6. The SMILES string of the molecule is Cn1ncc2c(NC3CC3)nc(NCC(N)c3ccccc3)nc21. The molecule has 0 spiro atoms. The van der Waals surface area contributed by atoms with Crippen molar-refractivity contribution in [3.63, 3.8) is 0 Å². The van der Waals surface area contributed by atoms with E-state index < -0.39 is 0 Å². The smallest absolute Gasteiger partial charge is 0.226 e. The van der Waals surface area contributed by atoms with E-state index in [1.54, 1.807) is 10.9 Å². The number of hydrogen-bond acceptors (Lipinski definition) is 6. The van der Waals surface area contributed by atoms with Gasteiger partial charge in [-0.1, -0.05) is 30.3 Å². The van der Waals surface area contributed by atoms with E-state index in [4.69, 9.17) is 5.73 Å². The van der Waals surface area contributed by atoms with Crippen molar-refractivity contribution in [2.24, 2.45) is 12.8 Å². The first-order valence-electron chi connectivity index (χ1n) is 8.21. The monoisotopic (exact) mass is 323 g/mol. The second-order valence-electron chi connectivity index (χ2n) is 6.22. The third-order valence-corrected chi connectivity index (χ3v) is 4.22. The lowest BCUT2D eigenvalue weighted by atomic mass is 10.1. The average molecular weight is 323 g/mol. The fourth-order valence-electron chi connectivity index (χ4n) is 2.65. The molecule has 0 radical (unpaired) electrons. The summed E-state index contributed by atoms with van der Waals surface area (Å²) in [6.45, 7) is 0.566. The zero-order valence-corrected chi connectivity index (χ0v) is 13.6. The average Bonchev–Trinajstić information content (AvgIpc) is 3.35. The van der Waals surface area contributed by atoms with E-state index in [1.807, 2.05) is 37.4 Å². The molecule has 3 aromatic rings. The maximum Gasteiger partial charge on any atom is 0.226 e. The number of aromatic nitrogens is 4. The van der Waals surface area contributed by atoms with Gasteiger partial charge in [0.15, 0.2) is 5.65 Å². The second-order valence-corrected chi connectivity index (χ2v) is 6.22. The van der Waals surface area contributed by atoms with Gasteiger partial charge in [0.1, 0.15) is 5.82 Å². The molecule has 1 unspecified atom stereocenters. The molecule has 7 heteroatoms. The van der Waals surface area contributed by atoms with Crippen molar-refractivity contribution in [2.75, 3.05) is 17.2 Å². The predicted molar refractivity (Wildman–Crippen MR) is 94.8 cm³/mol. The molecule has 1 atom stereocenters. The highest BCUT2D eigenvalue weighted by molar-refractivity contribution is 5.87. The van der Waals surface area contributed by atoms with E-state index in [0.29, 0.717) is 18.5 Å². The van der Waals surface area contributed by atoms with Crippen LogP contribution in [0.2, 0.25) is 0 Å². The summed E-state index contributed by atoms with van der Waals surface area (Å²) in [5.74, 6) is 1.41. The van der Waals surface area contributed by atoms with Crippen molar-refractivity contribution < 1.29 is 0 Å². The van der Waals surface area contributed by atoms with Gasteiger partial charge in [-0.05, 0) is 18.4 Å². The van der Waals surface area contributed by atoms with Gasteiger partial charge in [-0.3, -0.25) is 4.68 Å². The van der Waals surface area contributed by atoms with Gasteiger partial charge in [-0.15, -0.1) is 0 Å². The zero-order valence-electron chi connectivity index (χ0n) is 13.6. The largest absolute Gasteiger partial charge is 0.367 e. The van der Waals surface area contributed by atoms with Crippen LogP contribution in [-0.4, -0.2) is 32.3 Å². The van der Waals surface area contributed by atoms with Crippen LogP contribution in [0.3, 0.4) is 0 Å². The van der Waals surface area contributed by atoms with Crippen molar-refractivity contribution in [3.8, 4) is 0 Å². The van der Waals surface area contributed by atoms with Crippen molar-refractivity contribution >= 4 is 22.8 Å². The van der Waals surface area contributed by atoms with Crippen LogP contribution in [0.5, 0.6) is 0 Å². The van der Waals surface area contributed by atoms with E-state index in [-0.39, 0.29) is 6.04 Å². The van der Waals surface area contributed by atoms with Crippen LogP contribution in [0.25, 0.3) is 11.0 Å². The number of anilines is 2. The van der Waals surface area contributed by atoms with E-state index in [0.717, 1.165) is 22.4 Å². The zero-order chi connectivity index (χ0) is 16.5. The van der Waals surface area contributed by atoms with Gasteiger partial charge in [0, 0.05) is 25.7 Å². The Bertz CT molecular complexity index is 839. The van der Waals surface area contributed by atoms with Gasteiger partial charge in [0.05, 0.1) is 11.6 Å². The minimum absolute atomic E-state index is 0.114. The van der Waals surface area contributed by atoms with Crippen molar-refractivity contribution in [1.82, 2.24) is 19.7 Å². The summed E-state index contributed by atoms with van der Waals surface area (Å²) in [6, 6.07) is 10.4. The van der Waals surface area contributed by atoms with Gasteiger partial charge in [-0.25, -0.2) is 0 Å². The Morgan fingerprint density at radius 2 is 2.04 bits per heavy atom. The normalized spacial score (nSPS) is 15.4. The molecule has 0 bridgehead atoms. The number of benzene rings is 1. The lowest BCUT2D eigenvalue weighted by molar-refractivity contribution is 0.756. The fraction of sp³-hybridized carbons (Fsp3) is 0.353. The molecule has 24 heavy (non-hydrogen) atoms. The van der Waals surface area contributed by atoms with Gasteiger partial charge < -0.3 is 16.4 Å². The fourth-order valence-corrected chi connectivity index (χ4v) is 2.65. The van der Waals surface area contributed by atoms with Crippen LogP contribution in [0.15, 0.2) is 36.5 Å². The first-order valence-corrected chi connectivity index (χ1v) is 8.21. The molecule has 1 aliphatic carbocycles. The Labute approximate surface area is 140 Å². The maximum absolute atomic E-state index is 6.24. The number of nitrogens with zero attached hydrogens (tertiary/aromatic N) is 4. The van der Waals surface area contributed by atoms with Gasteiger partial charge >= 0.3 is 0 Å². The molecular formula is C17H21N7. The molecular weight excluding hydrogens is 302 g/mol. The summed E-state index contributed by atoms with van der Waals surface area (Å²) >= 11 is 0. The molecule has 1 aliphatic rings. The van der Waals surface area contributed by atoms with Crippen LogP contribution in [0, 0.1) is 0 Å². The van der Waals surface area contributed by atoms with Crippen LogP contribution >= 0.6 is 0 Å². The first kappa shape index (κ1) is 14.9. The summed E-state index contributed by atoms with van der Waals surface area (Å²) in [4.78, 5) is 9.19. The van der Waals surface area contributed by atoms with E-state index in [1.165, 1.54) is 12.8 Å². The molecule has 1 aromatic carbocycles. The molecule has 124 valence electrons. The summed E-state index contributed by atoms with van der Waals surface area (Å²) in [5.41, 5.74) is 8.14.